The fourth-order valence-corrected chi connectivity index (χ4v) is 7.23. The molecule has 1 saturated heterocycles. The number of rotatable bonds is 13. The van der Waals surface area contributed by atoms with Crippen LogP contribution in [0.15, 0.2) is 76.1 Å². The zero-order valence-corrected chi connectivity index (χ0v) is 26.3. The van der Waals surface area contributed by atoms with Gasteiger partial charge in [-0.1, -0.05) is 40.2 Å². The van der Waals surface area contributed by atoms with Crippen LogP contribution in [-0.4, -0.2) is 63.2 Å². The zero-order chi connectivity index (χ0) is 31.0. The molecule has 43 heavy (non-hydrogen) atoms. The van der Waals surface area contributed by atoms with Crippen LogP contribution in [0.4, 0.5) is 0 Å². The number of ether oxygens (including phenoxy) is 4. The van der Waals surface area contributed by atoms with E-state index in [1.165, 1.54) is 16.4 Å². The highest BCUT2D eigenvalue weighted by Gasteiger charge is 2.39. The number of carbonyl (C=O) groups excluding carboxylic acids is 1. The Kier molecular flexibility index (Phi) is 11.1. The van der Waals surface area contributed by atoms with Gasteiger partial charge in [-0.25, -0.2) is 13.2 Å². The molecule has 1 aliphatic heterocycles. The van der Waals surface area contributed by atoms with Crippen molar-refractivity contribution in [2.75, 3.05) is 27.4 Å². The summed E-state index contributed by atoms with van der Waals surface area (Å²) in [6.45, 7) is -0.326. The molecule has 230 valence electrons. The molecule has 1 fully saturated rings. The standard InChI is InChI=1S/C31H34BrNO9S/c1-39-28-15-13-21(17-29(28)40-2)12-14-27(22-7-5-9-24(18-22)41-20-30(34)35)42-31(36)26-11-3-4-16-33(26)43(37,38)25-10-6-8-23(32)19-25/h5-10,13,15,17-19,26-27H,3-4,11-12,14,16,20H2,1-2H3,(H,34,35)/t26-,27+/m0/s1. The fourth-order valence-electron chi connectivity index (χ4n) is 4.99. The molecule has 0 saturated carbocycles. The van der Waals surface area contributed by atoms with Gasteiger partial charge in [-0.3, -0.25) is 4.79 Å². The van der Waals surface area contributed by atoms with Crippen molar-refractivity contribution in [3.63, 3.8) is 0 Å². The summed E-state index contributed by atoms with van der Waals surface area (Å²) in [5, 5.41) is 9.03. The third-order valence-electron chi connectivity index (χ3n) is 7.12. The molecule has 0 amide bonds. The maximum Gasteiger partial charge on any atom is 0.341 e. The molecule has 3 aromatic rings. The SMILES string of the molecule is COc1ccc(CC[C@@H](OC(=O)[C@@H]2CCCCN2S(=O)(=O)c2cccc(Br)c2)c2cccc(OCC(=O)O)c2)cc1OC. The van der Waals surface area contributed by atoms with Gasteiger partial charge in [0.2, 0.25) is 10.0 Å². The van der Waals surface area contributed by atoms with Gasteiger partial charge in [0, 0.05) is 11.0 Å². The van der Waals surface area contributed by atoms with Crippen molar-refractivity contribution in [2.45, 2.75) is 49.1 Å². The lowest BCUT2D eigenvalue weighted by molar-refractivity contribution is -0.155. The molecule has 4 rings (SSSR count). The number of methoxy groups -OCH3 is 2. The lowest BCUT2D eigenvalue weighted by atomic mass is 10.00. The van der Waals surface area contributed by atoms with Gasteiger partial charge in [0.05, 0.1) is 19.1 Å². The molecule has 1 heterocycles. The van der Waals surface area contributed by atoms with Gasteiger partial charge >= 0.3 is 11.9 Å². The van der Waals surface area contributed by atoms with Crippen LogP contribution < -0.4 is 14.2 Å². The summed E-state index contributed by atoms with van der Waals surface area (Å²) in [7, 11) is -0.868. The van der Waals surface area contributed by atoms with Crippen LogP contribution >= 0.6 is 15.9 Å². The summed E-state index contributed by atoms with van der Waals surface area (Å²) in [5.74, 6) is -0.309. The molecule has 1 aliphatic rings. The minimum Gasteiger partial charge on any atom is -0.493 e. The summed E-state index contributed by atoms with van der Waals surface area (Å²) in [5.41, 5.74) is 1.50. The molecular weight excluding hydrogens is 642 g/mol. The third-order valence-corrected chi connectivity index (χ3v) is 9.52. The quantitative estimate of drug-likeness (QED) is 0.237. The number of hydrogen-bond acceptors (Lipinski definition) is 8. The van der Waals surface area contributed by atoms with Crippen LogP contribution in [0.3, 0.4) is 0 Å². The van der Waals surface area contributed by atoms with E-state index in [1.807, 2.05) is 12.1 Å². The van der Waals surface area contributed by atoms with Gasteiger partial charge < -0.3 is 24.1 Å². The van der Waals surface area contributed by atoms with E-state index >= 15 is 0 Å². The average Bonchev–Trinajstić information content (AvgIpc) is 3.01. The van der Waals surface area contributed by atoms with E-state index in [0.29, 0.717) is 59.4 Å². The van der Waals surface area contributed by atoms with Crippen molar-refractivity contribution in [1.29, 1.82) is 0 Å². The Morgan fingerprint density at radius 1 is 1.00 bits per heavy atom. The highest BCUT2D eigenvalue weighted by atomic mass is 79.9. The monoisotopic (exact) mass is 675 g/mol. The highest BCUT2D eigenvalue weighted by molar-refractivity contribution is 9.10. The minimum atomic E-state index is -3.97. The number of sulfonamides is 1. The van der Waals surface area contributed by atoms with Crippen LogP contribution in [0.5, 0.6) is 17.2 Å². The number of esters is 1. The van der Waals surface area contributed by atoms with Gasteiger partial charge in [0.1, 0.15) is 17.9 Å². The van der Waals surface area contributed by atoms with Crippen LogP contribution in [0.2, 0.25) is 0 Å². The molecule has 0 unspecified atom stereocenters. The number of carboxylic acid groups (broad SMARTS) is 1. The predicted octanol–water partition coefficient (Wildman–Crippen LogP) is 5.39. The van der Waals surface area contributed by atoms with Gasteiger partial charge in [0.25, 0.3) is 0 Å². The number of aryl methyl sites for hydroxylation is 1. The molecule has 3 aromatic carbocycles. The number of carbonyl (C=O) groups is 2. The number of aliphatic carboxylic acids is 1. The average molecular weight is 677 g/mol. The molecule has 1 N–H and O–H groups in total. The van der Waals surface area contributed by atoms with Gasteiger partial charge in [-0.05, 0) is 85.7 Å². The van der Waals surface area contributed by atoms with Crippen molar-refractivity contribution in [3.05, 3.63) is 82.3 Å². The molecule has 0 bridgehead atoms. The van der Waals surface area contributed by atoms with Gasteiger partial charge in [-0.2, -0.15) is 4.31 Å². The van der Waals surface area contributed by atoms with E-state index in [1.54, 1.807) is 56.7 Å². The summed E-state index contributed by atoms with van der Waals surface area (Å²) >= 11 is 3.33. The number of carboxylic acids is 1. The van der Waals surface area contributed by atoms with Crippen molar-refractivity contribution in [1.82, 2.24) is 4.31 Å². The Hall–Kier alpha value is -3.61. The predicted molar refractivity (Wildman–Crippen MR) is 162 cm³/mol. The van der Waals surface area contributed by atoms with E-state index in [4.69, 9.17) is 24.1 Å². The Morgan fingerprint density at radius 2 is 1.77 bits per heavy atom. The smallest absolute Gasteiger partial charge is 0.341 e. The number of benzene rings is 3. The van der Waals surface area contributed by atoms with E-state index in [-0.39, 0.29) is 11.4 Å². The van der Waals surface area contributed by atoms with Crippen molar-refractivity contribution in [2.24, 2.45) is 0 Å². The fraction of sp³-hybridized carbons (Fsp3) is 0.355. The first-order chi connectivity index (χ1) is 20.6. The van der Waals surface area contributed by atoms with Crippen molar-refractivity contribution < 1.29 is 42.1 Å². The lowest BCUT2D eigenvalue weighted by Crippen LogP contribution is -2.48. The number of piperidine rings is 1. The van der Waals surface area contributed by atoms with E-state index < -0.39 is 40.7 Å². The second kappa shape index (κ2) is 14.7. The van der Waals surface area contributed by atoms with Crippen LogP contribution in [-0.2, 0) is 30.8 Å². The zero-order valence-electron chi connectivity index (χ0n) is 23.9. The molecule has 10 nitrogen and oxygen atoms in total. The van der Waals surface area contributed by atoms with Crippen molar-refractivity contribution >= 4 is 37.9 Å². The van der Waals surface area contributed by atoms with Crippen LogP contribution in [0.25, 0.3) is 0 Å². The second-order valence-corrected chi connectivity index (χ2v) is 12.8. The van der Waals surface area contributed by atoms with E-state index in [2.05, 4.69) is 15.9 Å². The van der Waals surface area contributed by atoms with E-state index in [9.17, 15) is 18.0 Å². The summed E-state index contributed by atoms with van der Waals surface area (Å²) in [4.78, 5) is 24.9. The molecular formula is C31H34BrNO9S. The largest absolute Gasteiger partial charge is 0.493 e. The first kappa shape index (κ1) is 32.3. The molecule has 2 atom stereocenters. The first-order valence-corrected chi connectivity index (χ1v) is 16.0. The van der Waals surface area contributed by atoms with Crippen LogP contribution in [0.1, 0.15) is 42.9 Å². The Morgan fingerprint density at radius 3 is 2.49 bits per heavy atom. The minimum absolute atomic E-state index is 0.0925. The topological polar surface area (TPSA) is 129 Å². The number of hydrogen-bond donors (Lipinski definition) is 1. The number of nitrogens with zero attached hydrogens (tertiary/aromatic N) is 1. The normalized spacial score (nSPS) is 16.2. The maximum atomic E-state index is 13.7. The van der Waals surface area contributed by atoms with Gasteiger partial charge in [0.15, 0.2) is 18.1 Å². The molecule has 0 radical (unpaired) electrons. The van der Waals surface area contributed by atoms with Crippen molar-refractivity contribution in [3.8, 4) is 17.2 Å². The molecule has 0 spiro atoms. The lowest BCUT2D eigenvalue weighted by Gasteiger charge is -2.34. The second-order valence-electron chi connectivity index (χ2n) is 9.99. The first-order valence-electron chi connectivity index (χ1n) is 13.8. The Balaban J connectivity index is 1.61. The number of halogens is 1. The Bertz CT molecular complexity index is 1550. The third kappa shape index (κ3) is 8.27. The Labute approximate surface area is 259 Å². The highest BCUT2D eigenvalue weighted by Crippen LogP contribution is 2.33. The summed E-state index contributed by atoms with van der Waals surface area (Å²) < 4.78 is 51.3. The summed E-state index contributed by atoms with van der Waals surface area (Å²) in [6.07, 6.45) is 1.71. The maximum absolute atomic E-state index is 13.7. The van der Waals surface area contributed by atoms with E-state index in [0.717, 1.165) is 5.56 Å². The molecule has 0 aliphatic carbocycles. The van der Waals surface area contributed by atoms with Gasteiger partial charge in [-0.15, -0.1) is 0 Å². The van der Waals surface area contributed by atoms with Crippen LogP contribution in [0, 0.1) is 0 Å². The molecule has 0 aromatic heterocycles. The summed E-state index contributed by atoms with van der Waals surface area (Å²) in [6, 6.07) is 17.6. The molecule has 12 heteroatoms.